The highest BCUT2D eigenvalue weighted by atomic mass is 35.5. The van der Waals surface area contributed by atoms with Crippen LogP contribution in [0.15, 0.2) is 18.2 Å². The number of hydrogen-bond acceptors (Lipinski definition) is 0. The maximum absolute atomic E-state index is 13.5. The number of benzene rings is 1. The number of rotatable bonds is 2. The average molecular weight is 247 g/mol. The largest absolute Gasteiger partial charge is 0.207 e. The monoisotopic (exact) mass is 246 g/mol. The normalized spacial score (nSPS) is 25.8. The molecule has 1 aliphatic rings. The summed E-state index contributed by atoms with van der Waals surface area (Å²) in [6.45, 7) is 0. The quantitative estimate of drug-likeness (QED) is 0.678. The second kappa shape index (κ2) is 4.71. The average Bonchev–Trinajstić information content (AvgIpc) is 2.58. The lowest BCUT2D eigenvalue weighted by atomic mass is 9.98. The topological polar surface area (TPSA) is 0 Å². The molecule has 1 saturated carbocycles. The molecule has 0 bridgehead atoms. The summed E-state index contributed by atoms with van der Waals surface area (Å²) >= 11 is 12.0. The maximum atomic E-state index is 13.5. The summed E-state index contributed by atoms with van der Waals surface area (Å²) in [5.74, 6) is 0.294. The molecule has 1 aromatic carbocycles. The first-order valence-electron chi connectivity index (χ1n) is 5.23. The Balaban J connectivity index is 2.10. The minimum atomic E-state index is -0.194. The van der Waals surface area contributed by atoms with Gasteiger partial charge in [-0.15, -0.1) is 11.6 Å². The minimum Gasteiger partial charge on any atom is -0.207 e. The van der Waals surface area contributed by atoms with Crippen molar-refractivity contribution in [2.45, 2.75) is 31.1 Å². The summed E-state index contributed by atoms with van der Waals surface area (Å²) in [6.07, 6.45) is 3.82. The molecule has 1 fully saturated rings. The number of halogens is 3. The molecule has 0 aliphatic heterocycles. The second-order valence-corrected chi connectivity index (χ2v) is 5.21. The fraction of sp³-hybridized carbons (Fsp3) is 0.500. The van der Waals surface area contributed by atoms with E-state index in [0.717, 1.165) is 19.3 Å². The van der Waals surface area contributed by atoms with E-state index in [9.17, 15) is 4.39 Å². The Bertz CT molecular complexity index is 331. The van der Waals surface area contributed by atoms with E-state index in [0.29, 0.717) is 22.9 Å². The van der Waals surface area contributed by atoms with Crippen molar-refractivity contribution in [2.75, 3.05) is 0 Å². The molecular formula is C12H13Cl2F. The third kappa shape index (κ3) is 2.64. The zero-order chi connectivity index (χ0) is 10.8. The Labute approximate surface area is 99.4 Å². The zero-order valence-electron chi connectivity index (χ0n) is 8.35. The highest BCUT2D eigenvalue weighted by Gasteiger charge is 2.24. The standard InChI is InChI=1S/C12H13Cl2F/c13-9-5-4-8(6-9)7-10-11(14)2-1-3-12(10)15/h1-3,8-9H,4-7H2. The second-order valence-electron chi connectivity index (χ2n) is 4.18. The van der Waals surface area contributed by atoms with Crippen molar-refractivity contribution in [3.05, 3.63) is 34.6 Å². The predicted octanol–water partition coefficient (Wildman–Crippen LogP) is 4.43. The van der Waals surface area contributed by atoms with Crippen LogP contribution in [0.1, 0.15) is 24.8 Å². The Morgan fingerprint density at radius 1 is 1.33 bits per heavy atom. The van der Waals surface area contributed by atoms with Crippen LogP contribution in [-0.2, 0) is 6.42 Å². The van der Waals surface area contributed by atoms with Crippen molar-refractivity contribution < 1.29 is 4.39 Å². The van der Waals surface area contributed by atoms with Crippen molar-refractivity contribution in [1.29, 1.82) is 0 Å². The van der Waals surface area contributed by atoms with Gasteiger partial charge in [0.2, 0.25) is 0 Å². The summed E-state index contributed by atoms with van der Waals surface area (Å²) in [5.41, 5.74) is 0.648. The van der Waals surface area contributed by atoms with Gasteiger partial charge >= 0.3 is 0 Å². The van der Waals surface area contributed by atoms with Crippen LogP contribution in [0.25, 0.3) is 0 Å². The summed E-state index contributed by atoms with van der Waals surface area (Å²) in [7, 11) is 0. The van der Waals surface area contributed by atoms with Gasteiger partial charge in [0.05, 0.1) is 0 Å². The third-order valence-corrected chi connectivity index (χ3v) is 3.78. The molecule has 0 nitrogen and oxygen atoms in total. The summed E-state index contributed by atoms with van der Waals surface area (Å²) in [5, 5.41) is 0.800. The van der Waals surface area contributed by atoms with E-state index >= 15 is 0 Å². The summed E-state index contributed by atoms with van der Waals surface area (Å²) < 4.78 is 13.5. The molecule has 82 valence electrons. The van der Waals surface area contributed by atoms with Gasteiger partial charge in [-0.1, -0.05) is 17.7 Å². The highest BCUT2D eigenvalue weighted by Crippen LogP contribution is 2.34. The maximum Gasteiger partial charge on any atom is 0.127 e. The van der Waals surface area contributed by atoms with Gasteiger partial charge in [0, 0.05) is 16.0 Å². The molecule has 0 saturated heterocycles. The first-order valence-corrected chi connectivity index (χ1v) is 6.05. The van der Waals surface area contributed by atoms with Crippen molar-refractivity contribution in [3.8, 4) is 0 Å². The molecule has 3 heteroatoms. The Hall–Kier alpha value is -0.270. The zero-order valence-corrected chi connectivity index (χ0v) is 9.86. The smallest absolute Gasteiger partial charge is 0.127 e. The van der Waals surface area contributed by atoms with Crippen molar-refractivity contribution in [2.24, 2.45) is 5.92 Å². The van der Waals surface area contributed by atoms with Crippen LogP contribution < -0.4 is 0 Å². The van der Waals surface area contributed by atoms with Gasteiger partial charge in [0.1, 0.15) is 5.82 Å². The molecular weight excluding hydrogens is 234 g/mol. The van der Waals surface area contributed by atoms with Crippen molar-refractivity contribution >= 4 is 23.2 Å². The molecule has 0 aromatic heterocycles. The molecule has 0 N–H and O–H groups in total. The van der Waals surface area contributed by atoms with Crippen molar-refractivity contribution in [1.82, 2.24) is 0 Å². The van der Waals surface area contributed by atoms with Gasteiger partial charge in [-0.3, -0.25) is 0 Å². The first kappa shape index (κ1) is 11.2. The van der Waals surface area contributed by atoms with Crippen LogP contribution in [0.4, 0.5) is 4.39 Å². The SMILES string of the molecule is Fc1cccc(Cl)c1CC1CCC(Cl)C1. The van der Waals surface area contributed by atoms with Gasteiger partial charge in [-0.2, -0.15) is 0 Å². The molecule has 2 atom stereocenters. The highest BCUT2D eigenvalue weighted by molar-refractivity contribution is 6.31. The Morgan fingerprint density at radius 3 is 2.73 bits per heavy atom. The molecule has 15 heavy (non-hydrogen) atoms. The van der Waals surface area contributed by atoms with E-state index < -0.39 is 0 Å². The van der Waals surface area contributed by atoms with Gasteiger partial charge in [0.15, 0.2) is 0 Å². The van der Waals surface area contributed by atoms with Gasteiger partial charge in [-0.05, 0) is 43.7 Å². The molecule has 2 unspecified atom stereocenters. The summed E-state index contributed by atoms with van der Waals surface area (Å²) in [6, 6.07) is 4.85. The van der Waals surface area contributed by atoms with Crippen LogP contribution >= 0.6 is 23.2 Å². The van der Waals surface area contributed by atoms with Gasteiger partial charge < -0.3 is 0 Å². The molecule has 1 aromatic rings. The number of hydrogen-bond donors (Lipinski definition) is 0. The van der Waals surface area contributed by atoms with Crippen molar-refractivity contribution in [3.63, 3.8) is 0 Å². The Kier molecular flexibility index (Phi) is 3.53. The van der Waals surface area contributed by atoms with Gasteiger partial charge in [-0.25, -0.2) is 4.39 Å². The Morgan fingerprint density at radius 2 is 2.13 bits per heavy atom. The van der Waals surface area contributed by atoms with Gasteiger partial charge in [0.25, 0.3) is 0 Å². The third-order valence-electron chi connectivity index (χ3n) is 3.03. The molecule has 0 spiro atoms. The van der Waals surface area contributed by atoms with E-state index in [4.69, 9.17) is 23.2 Å². The minimum absolute atomic E-state index is 0.194. The van der Waals surface area contributed by atoms with E-state index in [-0.39, 0.29) is 11.2 Å². The molecule has 1 aliphatic carbocycles. The lowest BCUT2D eigenvalue weighted by Crippen LogP contribution is -2.03. The fourth-order valence-corrected chi connectivity index (χ4v) is 2.83. The van der Waals surface area contributed by atoms with Crippen LogP contribution in [-0.4, -0.2) is 5.38 Å². The molecule has 0 heterocycles. The van der Waals surface area contributed by atoms with Crippen LogP contribution in [0, 0.1) is 11.7 Å². The molecule has 2 rings (SSSR count). The van der Waals surface area contributed by atoms with Crippen LogP contribution in [0.2, 0.25) is 5.02 Å². The number of alkyl halides is 1. The molecule has 0 amide bonds. The fourth-order valence-electron chi connectivity index (χ4n) is 2.22. The molecule has 0 radical (unpaired) electrons. The predicted molar refractivity (Wildman–Crippen MR) is 62.1 cm³/mol. The first-order chi connectivity index (χ1) is 7.16. The van der Waals surface area contributed by atoms with Crippen LogP contribution in [0.3, 0.4) is 0 Å². The van der Waals surface area contributed by atoms with E-state index in [1.54, 1.807) is 12.1 Å². The lowest BCUT2D eigenvalue weighted by molar-refractivity contribution is 0.521. The lowest BCUT2D eigenvalue weighted by Gasteiger charge is -2.11. The summed E-state index contributed by atoms with van der Waals surface area (Å²) in [4.78, 5) is 0. The van der Waals surface area contributed by atoms with E-state index in [1.807, 2.05) is 0 Å². The van der Waals surface area contributed by atoms with E-state index in [1.165, 1.54) is 6.07 Å². The van der Waals surface area contributed by atoms with Crippen LogP contribution in [0.5, 0.6) is 0 Å². The van der Waals surface area contributed by atoms with E-state index in [2.05, 4.69) is 0 Å².